The minimum absolute atomic E-state index is 0.0779. The normalized spacial score (nSPS) is 12.2. The van der Waals surface area contributed by atoms with E-state index in [-0.39, 0.29) is 13.2 Å². The van der Waals surface area contributed by atoms with Crippen LogP contribution in [0.1, 0.15) is 5.82 Å². The highest BCUT2D eigenvalue weighted by Gasteiger charge is 2.27. The fraction of sp³-hybridized carbons (Fsp3) is 0.462. The number of aromatic nitrogens is 2. The summed E-state index contributed by atoms with van der Waals surface area (Å²) in [4.78, 5) is 4.41. The van der Waals surface area contributed by atoms with Crippen LogP contribution in [0.2, 0.25) is 5.02 Å². The van der Waals surface area contributed by atoms with E-state index in [0.29, 0.717) is 34.2 Å². The summed E-state index contributed by atoms with van der Waals surface area (Å²) in [6.07, 6.45) is -3.82. The number of halogens is 5. The Morgan fingerprint density at radius 2 is 2.05 bits per heavy atom. The Hall–Kier alpha value is -0.980. The Bertz CT molecular complexity index is 613. The van der Waals surface area contributed by atoms with E-state index in [0.717, 1.165) is 0 Å². The first-order valence-electron chi connectivity index (χ1n) is 6.26. The molecule has 0 fully saturated rings. The molecule has 3 nitrogen and oxygen atoms in total. The van der Waals surface area contributed by atoms with E-state index < -0.39 is 12.8 Å². The maximum absolute atomic E-state index is 12.1. The molecule has 0 saturated carbocycles. The molecular weight excluding hydrogens is 328 g/mol. The largest absolute Gasteiger partial charge is 0.411 e. The van der Waals surface area contributed by atoms with Gasteiger partial charge in [0.2, 0.25) is 0 Å². The van der Waals surface area contributed by atoms with Crippen molar-refractivity contribution in [3.05, 3.63) is 29.0 Å². The van der Waals surface area contributed by atoms with Gasteiger partial charge in [0.15, 0.2) is 0 Å². The second kappa shape index (κ2) is 6.85. The summed E-state index contributed by atoms with van der Waals surface area (Å²) in [5.41, 5.74) is 1.38. The van der Waals surface area contributed by atoms with Crippen LogP contribution < -0.4 is 0 Å². The van der Waals surface area contributed by atoms with Gasteiger partial charge in [-0.2, -0.15) is 13.2 Å². The van der Waals surface area contributed by atoms with Crippen LogP contribution in [0.25, 0.3) is 11.0 Å². The highest BCUT2D eigenvalue weighted by molar-refractivity contribution is 6.35. The third-order valence-corrected chi connectivity index (χ3v) is 3.33. The molecule has 0 aliphatic heterocycles. The molecule has 1 aromatic carbocycles. The van der Waals surface area contributed by atoms with Crippen LogP contribution in [0.4, 0.5) is 13.2 Å². The van der Waals surface area contributed by atoms with Crippen molar-refractivity contribution in [3.63, 3.8) is 0 Å². The lowest BCUT2D eigenvalue weighted by molar-refractivity contribution is -0.174. The second-order valence-electron chi connectivity index (χ2n) is 4.39. The average Bonchev–Trinajstić information content (AvgIpc) is 2.73. The molecule has 0 saturated heterocycles. The summed E-state index contributed by atoms with van der Waals surface area (Å²) in [6.45, 7) is -1.10. The van der Waals surface area contributed by atoms with Crippen molar-refractivity contribution < 1.29 is 17.9 Å². The number of hydrogen-bond donors (Lipinski definition) is 0. The maximum atomic E-state index is 12.1. The van der Waals surface area contributed by atoms with E-state index in [1.807, 2.05) is 0 Å². The lowest BCUT2D eigenvalue weighted by Gasteiger charge is -2.11. The predicted molar refractivity (Wildman–Crippen MR) is 76.0 cm³/mol. The molecule has 2 rings (SSSR count). The van der Waals surface area contributed by atoms with Gasteiger partial charge in [0.1, 0.15) is 12.4 Å². The summed E-state index contributed by atoms with van der Waals surface area (Å²) in [5, 5.41) is 0.497. The van der Waals surface area contributed by atoms with Crippen LogP contribution in [-0.2, 0) is 17.7 Å². The number of ether oxygens (including phenoxy) is 1. The quantitative estimate of drug-likeness (QED) is 0.586. The number of fused-ring (bicyclic) bond motifs is 1. The Labute approximate surface area is 129 Å². The van der Waals surface area contributed by atoms with Crippen molar-refractivity contribution >= 4 is 34.2 Å². The fourth-order valence-electron chi connectivity index (χ4n) is 2.05. The van der Waals surface area contributed by atoms with Gasteiger partial charge in [0.05, 0.1) is 22.7 Å². The van der Waals surface area contributed by atoms with Crippen molar-refractivity contribution in [2.75, 3.05) is 19.1 Å². The van der Waals surface area contributed by atoms with Gasteiger partial charge in [0, 0.05) is 18.8 Å². The van der Waals surface area contributed by atoms with Gasteiger partial charge in [0.25, 0.3) is 0 Å². The zero-order chi connectivity index (χ0) is 15.5. The van der Waals surface area contributed by atoms with Gasteiger partial charge in [-0.15, -0.1) is 11.6 Å². The van der Waals surface area contributed by atoms with Crippen LogP contribution in [0.15, 0.2) is 18.2 Å². The first kappa shape index (κ1) is 16.4. The zero-order valence-electron chi connectivity index (χ0n) is 11.0. The van der Waals surface area contributed by atoms with Gasteiger partial charge in [-0.3, -0.25) is 0 Å². The van der Waals surface area contributed by atoms with Gasteiger partial charge in [-0.1, -0.05) is 17.7 Å². The lowest BCUT2D eigenvalue weighted by atomic mass is 10.3. The molecule has 1 aromatic heterocycles. The van der Waals surface area contributed by atoms with Crippen molar-refractivity contribution in [1.29, 1.82) is 0 Å². The van der Waals surface area contributed by atoms with Crippen LogP contribution in [0.3, 0.4) is 0 Å². The number of imidazole rings is 1. The number of rotatable bonds is 6. The molecule has 21 heavy (non-hydrogen) atoms. The minimum atomic E-state index is -4.33. The van der Waals surface area contributed by atoms with Gasteiger partial charge in [-0.25, -0.2) is 4.98 Å². The SMILES string of the molecule is FC(F)(F)COCCn1c(CCCl)nc2cccc(Cl)c21. The van der Waals surface area contributed by atoms with Gasteiger partial charge >= 0.3 is 6.18 Å². The van der Waals surface area contributed by atoms with Crippen LogP contribution >= 0.6 is 23.2 Å². The summed E-state index contributed by atoms with van der Waals surface area (Å²) in [7, 11) is 0. The summed E-state index contributed by atoms with van der Waals surface area (Å²) < 4.78 is 42.6. The second-order valence-corrected chi connectivity index (χ2v) is 5.18. The van der Waals surface area contributed by atoms with Crippen molar-refractivity contribution in [1.82, 2.24) is 9.55 Å². The Kier molecular flexibility index (Phi) is 5.35. The predicted octanol–water partition coefficient (Wildman–Crippen LogP) is 4.05. The number of nitrogens with zero attached hydrogens (tertiary/aromatic N) is 2. The number of benzene rings is 1. The molecule has 0 atom stereocenters. The smallest absolute Gasteiger partial charge is 0.370 e. The van der Waals surface area contributed by atoms with E-state index in [1.165, 1.54) is 0 Å². The fourth-order valence-corrected chi connectivity index (χ4v) is 2.49. The molecule has 0 spiro atoms. The zero-order valence-corrected chi connectivity index (χ0v) is 12.5. The maximum Gasteiger partial charge on any atom is 0.411 e. The number of aryl methyl sites for hydroxylation is 1. The molecular formula is C13H13Cl2F3N2O. The Morgan fingerprint density at radius 3 is 2.71 bits per heavy atom. The molecule has 0 bridgehead atoms. The molecule has 0 aliphatic carbocycles. The Balaban J connectivity index is 2.18. The van der Waals surface area contributed by atoms with Crippen LogP contribution in [-0.4, -0.2) is 34.8 Å². The molecule has 0 unspecified atom stereocenters. The third-order valence-electron chi connectivity index (χ3n) is 2.84. The highest BCUT2D eigenvalue weighted by atomic mass is 35.5. The molecule has 0 radical (unpaired) electrons. The van der Waals surface area contributed by atoms with Crippen molar-refractivity contribution in [2.24, 2.45) is 0 Å². The number of hydrogen-bond acceptors (Lipinski definition) is 2. The topological polar surface area (TPSA) is 27.1 Å². The van der Waals surface area contributed by atoms with E-state index in [2.05, 4.69) is 9.72 Å². The average molecular weight is 341 g/mol. The van der Waals surface area contributed by atoms with E-state index >= 15 is 0 Å². The summed E-state index contributed by atoms with van der Waals surface area (Å²) >= 11 is 11.9. The minimum Gasteiger partial charge on any atom is -0.370 e. The van der Waals surface area contributed by atoms with Crippen LogP contribution in [0, 0.1) is 0 Å². The monoisotopic (exact) mass is 340 g/mol. The molecule has 1 heterocycles. The van der Waals surface area contributed by atoms with E-state index in [9.17, 15) is 13.2 Å². The molecule has 8 heteroatoms. The third kappa shape index (κ3) is 4.25. The first-order chi connectivity index (χ1) is 9.92. The van der Waals surface area contributed by atoms with Gasteiger partial charge < -0.3 is 9.30 Å². The van der Waals surface area contributed by atoms with Crippen molar-refractivity contribution in [3.8, 4) is 0 Å². The summed E-state index contributed by atoms with van der Waals surface area (Å²) in [6, 6.07) is 5.28. The summed E-state index contributed by atoms with van der Waals surface area (Å²) in [5.74, 6) is 1.05. The Morgan fingerprint density at radius 1 is 1.29 bits per heavy atom. The molecule has 116 valence electrons. The molecule has 0 amide bonds. The lowest BCUT2D eigenvalue weighted by Crippen LogP contribution is -2.19. The molecule has 0 aliphatic rings. The highest BCUT2D eigenvalue weighted by Crippen LogP contribution is 2.25. The number of para-hydroxylation sites is 1. The number of alkyl halides is 4. The van der Waals surface area contributed by atoms with E-state index in [1.54, 1.807) is 22.8 Å². The molecule has 0 N–H and O–H groups in total. The van der Waals surface area contributed by atoms with E-state index in [4.69, 9.17) is 23.2 Å². The van der Waals surface area contributed by atoms with Gasteiger partial charge in [-0.05, 0) is 12.1 Å². The standard InChI is InChI=1S/C13H13Cl2F3N2O/c14-5-4-11-19-10-3-1-2-9(15)12(10)20(11)6-7-21-8-13(16,17)18/h1-3H,4-8H2. The van der Waals surface area contributed by atoms with Crippen molar-refractivity contribution in [2.45, 2.75) is 19.1 Å². The van der Waals surface area contributed by atoms with Crippen LogP contribution in [0.5, 0.6) is 0 Å². The molecule has 2 aromatic rings. The first-order valence-corrected chi connectivity index (χ1v) is 7.17.